The van der Waals surface area contributed by atoms with Crippen LogP contribution in [0.3, 0.4) is 0 Å². The first-order valence-electron chi connectivity index (χ1n) is 4.78. The lowest BCUT2D eigenvalue weighted by Crippen LogP contribution is -2.21. The Morgan fingerprint density at radius 1 is 1.40 bits per heavy atom. The Bertz CT molecular complexity index is 353. The summed E-state index contributed by atoms with van der Waals surface area (Å²) in [6.45, 7) is 1.62. The van der Waals surface area contributed by atoms with Gasteiger partial charge < -0.3 is 9.84 Å². The Morgan fingerprint density at radius 2 is 2.00 bits per heavy atom. The Kier molecular flexibility index (Phi) is 3.70. The van der Waals surface area contributed by atoms with Gasteiger partial charge in [-0.25, -0.2) is 0 Å². The number of benzene rings is 1. The Morgan fingerprint density at radius 3 is 2.40 bits per heavy atom. The lowest BCUT2D eigenvalue weighted by Gasteiger charge is -2.18. The first-order chi connectivity index (χ1) is 7.13. The predicted octanol–water partition coefficient (Wildman–Crippen LogP) is 1.76. The van der Waals surface area contributed by atoms with Gasteiger partial charge >= 0.3 is 0 Å². The summed E-state index contributed by atoms with van der Waals surface area (Å²) in [5, 5.41) is 18.0. The van der Waals surface area contributed by atoms with Crippen molar-refractivity contribution in [1.29, 1.82) is 5.26 Å². The van der Waals surface area contributed by atoms with Gasteiger partial charge in [0.25, 0.3) is 0 Å². The van der Waals surface area contributed by atoms with Crippen LogP contribution in [0.1, 0.15) is 12.5 Å². The van der Waals surface area contributed by atoms with E-state index in [4.69, 9.17) is 15.1 Å². The van der Waals surface area contributed by atoms with E-state index >= 15 is 0 Å². The number of methoxy groups -OCH3 is 1. The zero-order valence-electron chi connectivity index (χ0n) is 9.03. The smallest absolute Gasteiger partial charge is 0.118 e. The van der Waals surface area contributed by atoms with Crippen molar-refractivity contribution in [2.45, 2.75) is 13.3 Å². The summed E-state index contributed by atoms with van der Waals surface area (Å²) in [7, 11) is 1.61. The minimum atomic E-state index is -0.700. The molecule has 0 aliphatic heterocycles. The van der Waals surface area contributed by atoms with Crippen LogP contribution in [0.2, 0.25) is 0 Å². The Balaban J connectivity index is 2.77. The number of rotatable bonds is 4. The van der Waals surface area contributed by atoms with Crippen molar-refractivity contribution in [3.05, 3.63) is 29.8 Å². The molecule has 0 saturated heterocycles. The molecule has 0 radical (unpaired) electrons. The van der Waals surface area contributed by atoms with Gasteiger partial charge in [0.2, 0.25) is 0 Å². The Hall–Kier alpha value is -1.53. The number of aliphatic hydroxyl groups excluding tert-OH is 1. The molecule has 0 spiro atoms. The fraction of sp³-hybridized carbons (Fsp3) is 0.417. The van der Waals surface area contributed by atoms with Crippen LogP contribution in [-0.2, 0) is 6.42 Å². The fourth-order valence-electron chi connectivity index (χ4n) is 1.32. The molecule has 3 nitrogen and oxygen atoms in total. The minimum absolute atomic E-state index is 0.129. The molecular formula is C12H15NO2. The number of hydrogen-bond donors (Lipinski definition) is 1. The van der Waals surface area contributed by atoms with Gasteiger partial charge in [-0.15, -0.1) is 0 Å². The van der Waals surface area contributed by atoms with Crippen LogP contribution in [-0.4, -0.2) is 18.8 Å². The molecule has 1 atom stereocenters. The van der Waals surface area contributed by atoms with Crippen LogP contribution >= 0.6 is 0 Å². The highest BCUT2D eigenvalue weighted by Gasteiger charge is 2.23. The first-order valence-corrected chi connectivity index (χ1v) is 4.78. The van der Waals surface area contributed by atoms with E-state index < -0.39 is 5.41 Å². The van der Waals surface area contributed by atoms with Gasteiger partial charge in [0.05, 0.1) is 25.2 Å². The quantitative estimate of drug-likeness (QED) is 0.814. The van der Waals surface area contributed by atoms with E-state index in [0.717, 1.165) is 11.3 Å². The van der Waals surface area contributed by atoms with Crippen LogP contribution in [0.5, 0.6) is 5.75 Å². The van der Waals surface area contributed by atoms with Crippen LogP contribution in [0.15, 0.2) is 24.3 Å². The molecule has 1 N–H and O–H groups in total. The number of aliphatic hydroxyl groups is 1. The van der Waals surface area contributed by atoms with Gasteiger partial charge in [0.1, 0.15) is 5.75 Å². The van der Waals surface area contributed by atoms with E-state index in [-0.39, 0.29) is 6.61 Å². The summed E-state index contributed by atoms with van der Waals surface area (Å²) < 4.78 is 5.04. The molecule has 1 unspecified atom stereocenters. The maximum atomic E-state index is 9.10. The number of nitriles is 1. The molecule has 0 aromatic heterocycles. The normalized spacial score (nSPS) is 14.0. The summed E-state index contributed by atoms with van der Waals surface area (Å²) in [4.78, 5) is 0. The van der Waals surface area contributed by atoms with Gasteiger partial charge in [0.15, 0.2) is 0 Å². The second-order valence-electron chi connectivity index (χ2n) is 3.86. The molecule has 0 heterocycles. The number of hydrogen-bond acceptors (Lipinski definition) is 3. The van der Waals surface area contributed by atoms with Crippen molar-refractivity contribution < 1.29 is 9.84 Å². The zero-order valence-corrected chi connectivity index (χ0v) is 9.03. The van der Waals surface area contributed by atoms with E-state index in [1.807, 2.05) is 24.3 Å². The molecule has 0 aliphatic carbocycles. The third-order valence-electron chi connectivity index (χ3n) is 2.37. The second-order valence-corrected chi connectivity index (χ2v) is 3.86. The monoisotopic (exact) mass is 205 g/mol. The third kappa shape index (κ3) is 2.97. The SMILES string of the molecule is COc1ccc(CC(C)(C#N)CO)cc1. The molecule has 3 heteroatoms. The highest BCUT2D eigenvalue weighted by atomic mass is 16.5. The summed E-state index contributed by atoms with van der Waals surface area (Å²) >= 11 is 0. The highest BCUT2D eigenvalue weighted by molar-refractivity contribution is 5.28. The summed E-state index contributed by atoms with van der Waals surface area (Å²) in [6, 6.07) is 9.64. The van der Waals surface area contributed by atoms with Gasteiger partial charge in [-0.05, 0) is 31.0 Å². The average Bonchev–Trinajstić information content (AvgIpc) is 2.30. The molecule has 15 heavy (non-hydrogen) atoms. The highest BCUT2D eigenvalue weighted by Crippen LogP contribution is 2.22. The van der Waals surface area contributed by atoms with Crippen molar-refractivity contribution in [3.8, 4) is 11.8 Å². The molecule has 0 fully saturated rings. The molecule has 1 aromatic carbocycles. The fourth-order valence-corrected chi connectivity index (χ4v) is 1.32. The van der Waals surface area contributed by atoms with E-state index in [0.29, 0.717) is 6.42 Å². The zero-order chi connectivity index (χ0) is 11.3. The maximum absolute atomic E-state index is 9.10. The van der Waals surface area contributed by atoms with Crippen molar-refractivity contribution in [2.75, 3.05) is 13.7 Å². The van der Waals surface area contributed by atoms with Crippen LogP contribution in [0.25, 0.3) is 0 Å². The topological polar surface area (TPSA) is 53.2 Å². The van der Waals surface area contributed by atoms with Crippen LogP contribution in [0, 0.1) is 16.7 Å². The molecule has 0 saturated carbocycles. The summed E-state index contributed by atoms with van der Waals surface area (Å²) in [6.07, 6.45) is 0.546. The van der Waals surface area contributed by atoms with E-state index in [2.05, 4.69) is 6.07 Å². The minimum Gasteiger partial charge on any atom is -0.497 e. The van der Waals surface area contributed by atoms with E-state index in [1.165, 1.54) is 0 Å². The van der Waals surface area contributed by atoms with Gasteiger partial charge in [-0.3, -0.25) is 0 Å². The second kappa shape index (κ2) is 4.81. The molecule has 0 amide bonds. The van der Waals surface area contributed by atoms with Gasteiger partial charge in [-0.2, -0.15) is 5.26 Å². The Labute approximate surface area is 89.9 Å². The maximum Gasteiger partial charge on any atom is 0.118 e. The molecule has 0 aliphatic rings. The lowest BCUT2D eigenvalue weighted by molar-refractivity contribution is 0.190. The van der Waals surface area contributed by atoms with Crippen molar-refractivity contribution in [3.63, 3.8) is 0 Å². The van der Waals surface area contributed by atoms with Crippen molar-refractivity contribution >= 4 is 0 Å². The molecular weight excluding hydrogens is 190 g/mol. The van der Waals surface area contributed by atoms with Crippen molar-refractivity contribution in [1.82, 2.24) is 0 Å². The largest absolute Gasteiger partial charge is 0.497 e. The number of ether oxygens (including phenoxy) is 1. The molecule has 0 bridgehead atoms. The third-order valence-corrected chi connectivity index (χ3v) is 2.37. The summed E-state index contributed by atoms with van der Waals surface area (Å²) in [5.74, 6) is 0.793. The predicted molar refractivity (Wildman–Crippen MR) is 57.5 cm³/mol. The standard InChI is InChI=1S/C12H15NO2/c1-12(8-13,9-14)7-10-3-5-11(15-2)6-4-10/h3-6,14H,7,9H2,1-2H3. The molecule has 80 valence electrons. The lowest BCUT2D eigenvalue weighted by atomic mass is 9.86. The van der Waals surface area contributed by atoms with Crippen LogP contribution < -0.4 is 4.74 Å². The van der Waals surface area contributed by atoms with Gasteiger partial charge in [-0.1, -0.05) is 12.1 Å². The molecule has 1 aromatic rings. The average molecular weight is 205 g/mol. The van der Waals surface area contributed by atoms with E-state index in [1.54, 1.807) is 14.0 Å². The van der Waals surface area contributed by atoms with E-state index in [9.17, 15) is 0 Å². The summed E-state index contributed by atoms with van der Waals surface area (Å²) in [5.41, 5.74) is 0.322. The van der Waals surface area contributed by atoms with Crippen LogP contribution in [0.4, 0.5) is 0 Å². The molecule has 1 rings (SSSR count). The number of nitrogens with zero attached hydrogens (tertiary/aromatic N) is 1. The van der Waals surface area contributed by atoms with Gasteiger partial charge in [0, 0.05) is 0 Å². The first kappa shape index (κ1) is 11.5. The van der Waals surface area contributed by atoms with Crippen molar-refractivity contribution in [2.24, 2.45) is 5.41 Å².